The molecule has 1 atom stereocenters. The summed E-state index contributed by atoms with van der Waals surface area (Å²) < 4.78 is 43.6. The minimum absolute atomic E-state index is 0.135. The number of benzene rings is 1. The van der Waals surface area contributed by atoms with E-state index in [-0.39, 0.29) is 5.69 Å². The maximum Gasteiger partial charge on any atom is 0.231 e. The fraction of sp³-hybridized carbons (Fsp3) is 0.308. The van der Waals surface area contributed by atoms with E-state index in [0.29, 0.717) is 0 Å². The molecule has 0 aromatic heterocycles. The van der Waals surface area contributed by atoms with E-state index in [1.54, 1.807) is 19.9 Å². The molecule has 1 aromatic carbocycles. The highest BCUT2D eigenvalue weighted by molar-refractivity contribution is 7.98. The van der Waals surface area contributed by atoms with Gasteiger partial charge in [-0.05, 0) is 6.92 Å². The number of hydrogen-bond acceptors (Lipinski definition) is 3. The second kappa shape index (κ2) is 7.35. The van der Waals surface area contributed by atoms with Crippen LogP contribution in [-0.2, 0) is 8.98 Å². The van der Waals surface area contributed by atoms with Crippen LogP contribution in [0.1, 0.15) is 13.8 Å². The smallest absolute Gasteiger partial charge is 0.231 e. The molecule has 0 fully saturated rings. The molecule has 20 heavy (non-hydrogen) atoms. The molecule has 1 unspecified atom stereocenters. The zero-order valence-corrected chi connectivity index (χ0v) is 12.0. The van der Waals surface area contributed by atoms with Crippen molar-refractivity contribution in [3.63, 3.8) is 0 Å². The summed E-state index contributed by atoms with van der Waals surface area (Å²) in [5.74, 6) is -5.27. The van der Waals surface area contributed by atoms with Gasteiger partial charge < -0.3 is 9.50 Å². The Morgan fingerprint density at radius 3 is 2.40 bits per heavy atom. The Balaban J connectivity index is 2.78. The number of hydrogen-bond donors (Lipinski definition) is 1. The second-order valence-electron chi connectivity index (χ2n) is 4.06. The average molecular weight is 305 g/mol. The molecule has 0 bridgehead atoms. The Bertz CT molecular complexity index is 511. The molecule has 1 amide bonds. The quantitative estimate of drug-likeness (QED) is 0.663. The van der Waals surface area contributed by atoms with Crippen molar-refractivity contribution in [1.82, 2.24) is 0 Å². The van der Waals surface area contributed by atoms with E-state index in [1.807, 2.05) is 0 Å². The largest absolute Gasteiger partial charge is 0.325 e. The van der Waals surface area contributed by atoms with Gasteiger partial charge in [0.05, 0.1) is 13.0 Å². The summed E-state index contributed by atoms with van der Waals surface area (Å²) in [6, 6.07) is 1.45. The van der Waals surface area contributed by atoms with Crippen LogP contribution in [0.3, 0.4) is 0 Å². The minimum Gasteiger partial charge on any atom is -0.325 e. The maximum atomic E-state index is 13.0. The van der Waals surface area contributed by atoms with Crippen LogP contribution in [0.2, 0.25) is 0 Å². The summed E-state index contributed by atoms with van der Waals surface area (Å²) in [4.78, 5) is 12.6. The molecular formula is C13H14F3NO2S. The van der Waals surface area contributed by atoms with Crippen molar-refractivity contribution in [2.24, 2.45) is 5.92 Å². The van der Waals surface area contributed by atoms with Gasteiger partial charge in [-0.25, -0.2) is 13.2 Å². The summed E-state index contributed by atoms with van der Waals surface area (Å²) >= 11 is 1.10. The van der Waals surface area contributed by atoms with E-state index < -0.39 is 29.3 Å². The molecule has 0 aliphatic carbocycles. The molecular weight excluding hydrogens is 291 g/mol. The molecule has 0 spiro atoms. The average Bonchev–Trinajstić information content (AvgIpc) is 2.35. The van der Waals surface area contributed by atoms with E-state index >= 15 is 0 Å². The molecule has 0 heterocycles. The van der Waals surface area contributed by atoms with Crippen molar-refractivity contribution >= 4 is 23.6 Å². The number of allylic oxidation sites excluding steroid dienone is 1. The van der Waals surface area contributed by atoms with Gasteiger partial charge in [0.15, 0.2) is 17.5 Å². The number of anilines is 1. The molecule has 0 aliphatic heterocycles. The standard InChI is InChI=1S/C13H14F3NO2S/c1-7(4-8(2)20-19-3)13(18)17-9-5-10(14)12(16)11(15)6-9/h4-7H,1-3H3,(H,17,18)/b8-4+. The number of nitrogens with one attached hydrogen (secondary N) is 1. The normalized spacial score (nSPS) is 13.2. The number of carbonyl (C=O) groups excluding carboxylic acids is 1. The number of halogens is 3. The predicted molar refractivity (Wildman–Crippen MR) is 72.5 cm³/mol. The maximum absolute atomic E-state index is 13.0. The zero-order chi connectivity index (χ0) is 15.3. The molecule has 0 saturated carbocycles. The molecule has 0 aliphatic rings. The Morgan fingerprint density at radius 2 is 1.90 bits per heavy atom. The van der Waals surface area contributed by atoms with Crippen LogP contribution in [-0.4, -0.2) is 13.0 Å². The summed E-state index contributed by atoms with van der Waals surface area (Å²) in [6.07, 6.45) is 1.64. The Hall–Kier alpha value is -1.47. The van der Waals surface area contributed by atoms with Crippen LogP contribution in [0, 0.1) is 23.4 Å². The van der Waals surface area contributed by atoms with Gasteiger partial charge >= 0.3 is 0 Å². The molecule has 1 rings (SSSR count). The van der Waals surface area contributed by atoms with Crippen molar-refractivity contribution in [3.05, 3.63) is 40.6 Å². The van der Waals surface area contributed by atoms with Crippen molar-refractivity contribution in [2.75, 3.05) is 12.4 Å². The third kappa shape index (κ3) is 4.57. The predicted octanol–water partition coefficient (Wildman–Crippen LogP) is 3.88. The first-order chi connectivity index (χ1) is 9.35. The van der Waals surface area contributed by atoms with Gasteiger partial charge in [-0.15, -0.1) is 0 Å². The van der Waals surface area contributed by atoms with Crippen LogP contribution < -0.4 is 5.32 Å². The molecule has 0 saturated heterocycles. The van der Waals surface area contributed by atoms with Gasteiger partial charge in [0.1, 0.15) is 0 Å². The summed E-state index contributed by atoms with van der Waals surface area (Å²) in [5.41, 5.74) is -0.135. The lowest BCUT2D eigenvalue weighted by Gasteiger charge is -2.10. The van der Waals surface area contributed by atoms with Gasteiger partial charge in [-0.3, -0.25) is 4.79 Å². The van der Waals surface area contributed by atoms with Gasteiger partial charge in [-0.2, -0.15) is 0 Å². The van der Waals surface area contributed by atoms with Gasteiger partial charge in [0.25, 0.3) is 0 Å². The van der Waals surface area contributed by atoms with E-state index in [4.69, 9.17) is 4.18 Å². The Labute approximate surface area is 119 Å². The lowest BCUT2D eigenvalue weighted by atomic mass is 10.1. The van der Waals surface area contributed by atoms with E-state index in [0.717, 1.165) is 29.1 Å². The SMILES string of the molecule is COS/C(C)=C/C(C)C(=O)Nc1cc(F)c(F)c(F)c1. The van der Waals surface area contributed by atoms with Crippen LogP contribution in [0.25, 0.3) is 0 Å². The first-order valence-electron chi connectivity index (χ1n) is 5.69. The fourth-order valence-corrected chi connectivity index (χ4v) is 1.99. The Kier molecular flexibility index (Phi) is 6.09. The molecule has 110 valence electrons. The van der Waals surface area contributed by atoms with Crippen LogP contribution in [0.5, 0.6) is 0 Å². The third-order valence-corrected chi connectivity index (χ3v) is 2.93. The van der Waals surface area contributed by atoms with Crippen LogP contribution >= 0.6 is 12.0 Å². The third-order valence-electron chi connectivity index (χ3n) is 2.36. The fourth-order valence-electron chi connectivity index (χ4n) is 1.47. The highest BCUT2D eigenvalue weighted by Gasteiger charge is 2.15. The molecule has 7 heteroatoms. The van der Waals surface area contributed by atoms with Crippen LogP contribution in [0.15, 0.2) is 23.1 Å². The monoisotopic (exact) mass is 305 g/mol. The van der Waals surface area contributed by atoms with Crippen molar-refractivity contribution in [3.8, 4) is 0 Å². The van der Waals surface area contributed by atoms with Crippen LogP contribution in [0.4, 0.5) is 18.9 Å². The highest BCUT2D eigenvalue weighted by atomic mass is 32.2. The number of rotatable bonds is 5. The zero-order valence-electron chi connectivity index (χ0n) is 11.2. The van der Waals surface area contributed by atoms with Crippen molar-refractivity contribution < 1.29 is 22.1 Å². The molecule has 3 nitrogen and oxygen atoms in total. The molecule has 0 radical (unpaired) electrons. The molecule has 1 N–H and O–H groups in total. The van der Waals surface area contributed by atoms with E-state index in [9.17, 15) is 18.0 Å². The van der Waals surface area contributed by atoms with Gasteiger partial charge in [0, 0.05) is 34.8 Å². The number of carbonyl (C=O) groups is 1. The van der Waals surface area contributed by atoms with Crippen molar-refractivity contribution in [1.29, 1.82) is 0 Å². The summed E-state index contributed by atoms with van der Waals surface area (Å²) in [7, 11) is 1.50. The van der Waals surface area contributed by atoms with E-state index in [2.05, 4.69) is 5.32 Å². The minimum atomic E-state index is -1.57. The van der Waals surface area contributed by atoms with Gasteiger partial charge in [0.2, 0.25) is 5.91 Å². The summed E-state index contributed by atoms with van der Waals surface area (Å²) in [5, 5.41) is 2.32. The van der Waals surface area contributed by atoms with Crippen molar-refractivity contribution in [2.45, 2.75) is 13.8 Å². The van der Waals surface area contributed by atoms with Gasteiger partial charge in [-0.1, -0.05) is 13.0 Å². The first kappa shape index (κ1) is 16.6. The first-order valence-corrected chi connectivity index (χ1v) is 6.43. The lowest BCUT2D eigenvalue weighted by Crippen LogP contribution is -2.19. The lowest BCUT2D eigenvalue weighted by molar-refractivity contribution is -0.118. The Morgan fingerprint density at radius 1 is 1.35 bits per heavy atom. The molecule has 1 aromatic rings. The topological polar surface area (TPSA) is 38.3 Å². The van der Waals surface area contributed by atoms with E-state index in [1.165, 1.54) is 7.11 Å². The number of amides is 1. The summed E-state index contributed by atoms with van der Waals surface area (Å²) in [6.45, 7) is 3.38. The highest BCUT2D eigenvalue weighted by Crippen LogP contribution is 2.20. The second-order valence-corrected chi connectivity index (χ2v) is 5.20.